The van der Waals surface area contributed by atoms with Crippen LogP contribution in [0.15, 0.2) is 42.5 Å². The van der Waals surface area contributed by atoms with E-state index in [2.05, 4.69) is 5.32 Å². The highest BCUT2D eigenvalue weighted by Crippen LogP contribution is 2.17. The summed E-state index contributed by atoms with van der Waals surface area (Å²) in [5.41, 5.74) is 15.1. The summed E-state index contributed by atoms with van der Waals surface area (Å²) in [6.45, 7) is 3.97. The second-order valence-corrected chi connectivity index (χ2v) is 4.99. The number of carbonyl (C=O) groups excluding carboxylic acids is 1. The third-order valence-corrected chi connectivity index (χ3v) is 3.16. The van der Waals surface area contributed by atoms with Crippen LogP contribution in [0.1, 0.15) is 34.5 Å². The van der Waals surface area contributed by atoms with Crippen LogP contribution < -0.4 is 16.8 Å². The van der Waals surface area contributed by atoms with Crippen molar-refractivity contribution >= 4 is 17.3 Å². The minimum Gasteiger partial charge on any atom is -0.399 e. The fourth-order valence-corrected chi connectivity index (χ4v) is 2.03. The maximum atomic E-state index is 12.2. The highest BCUT2D eigenvalue weighted by molar-refractivity contribution is 5.96. The molecular weight excluding hydrogens is 250 g/mol. The molecule has 1 atom stereocenters. The first kappa shape index (κ1) is 13.9. The van der Waals surface area contributed by atoms with Gasteiger partial charge in [0, 0.05) is 16.9 Å². The predicted octanol–water partition coefficient (Wildman–Crippen LogP) is 2.65. The van der Waals surface area contributed by atoms with E-state index in [1.807, 2.05) is 38.1 Å². The Morgan fingerprint density at radius 3 is 2.15 bits per heavy atom. The molecule has 0 saturated carbocycles. The highest BCUT2D eigenvalue weighted by Gasteiger charge is 2.12. The number of amides is 1. The van der Waals surface area contributed by atoms with Gasteiger partial charge >= 0.3 is 0 Å². The van der Waals surface area contributed by atoms with Crippen LogP contribution in [0.4, 0.5) is 11.4 Å². The van der Waals surface area contributed by atoms with Gasteiger partial charge in [0.2, 0.25) is 0 Å². The molecule has 4 nitrogen and oxygen atoms in total. The van der Waals surface area contributed by atoms with Gasteiger partial charge in [-0.05, 0) is 37.6 Å². The number of hydrogen-bond acceptors (Lipinski definition) is 3. The normalized spacial score (nSPS) is 11.9. The van der Waals surface area contributed by atoms with E-state index in [9.17, 15) is 4.79 Å². The molecule has 0 aliphatic heterocycles. The Labute approximate surface area is 118 Å². The summed E-state index contributed by atoms with van der Waals surface area (Å²) in [7, 11) is 0. The summed E-state index contributed by atoms with van der Waals surface area (Å²) >= 11 is 0. The third kappa shape index (κ3) is 3.29. The minimum atomic E-state index is -0.183. The number of hydrogen-bond donors (Lipinski definition) is 3. The fraction of sp³-hybridized carbons (Fsp3) is 0.188. The Hall–Kier alpha value is -2.49. The predicted molar refractivity (Wildman–Crippen MR) is 82.3 cm³/mol. The molecule has 0 aliphatic carbocycles. The van der Waals surface area contributed by atoms with Gasteiger partial charge in [-0.25, -0.2) is 0 Å². The molecule has 104 valence electrons. The standard InChI is InChI=1S/C16H19N3O/c1-10-3-5-12(6-4-10)11(2)19-16(20)13-7-14(17)9-15(18)8-13/h3-9,11H,17-18H2,1-2H3,(H,19,20). The van der Waals surface area contributed by atoms with E-state index in [4.69, 9.17) is 11.5 Å². The molecule has 1 unspecified atom stereocenters. The molecule has 0 fully saturated rings. The molecule has 20 heavy (non-hydrogen) atoms. The van der Waals surface area contributed by atoms with Gasteiger partial charge in [0.15, 0.2) is 0 Å². The number of carbonyl (C=O) groups is 1. The molecule has 5 N–H and O–H groups in total. The molecule has 0 aromatic heterocycles. The van der Waals surface area contributed by atoms with Gasteiger partial charge in [-0.1, -0.05) is 29.8 Å². The van der Waals surface area contributed by atoms with E-state index in [0.29, 0.717) is 16.9 Å². The number of nitrogen functional groups attached to an aromatic ring is 2. The van der Waals surface area contributed by atoms with Gasteiger partial charge in [0.25, 0.3) is 5.91 Å². The molecule has 4 heteroatoms. The summed E-state index contributed by atoms with van der Waals surface area (Å²) < 4.78 is 0. The van der Waals surface area contributed by atoms with Crippen molar-refractivity contribution in [1.29, 1.82) is 0 Å². The molecule has 0 spiro atoms. The number of anilines is 2. The zero-order valence-electron chi connectivity index (χ0n) is 11.7. The average molecular weight is 269 g/mol. The van der Waals surface area contributed by atoms with Gasteiger partial charge in [-0.2, -0.15) is 0 Å². The van der Waals surface area contributed by atoms with E-state index in [0.717, 1.165) is 5.56 Å². The molecule has 2 rings (SSSR count). The maximum Gasteiger partial charge on any atom is 0.251 e. The molecule has 1 amide bonds. The number of aryl methyl sites for hydroxylation is 1. The Bertz CT molecular complexity index is 600. The number of nitrogens with one attached hydrogen (secondary N) is 1. The lowest BCUT2D eigenvalue weighted by atomic mass is 10.1. The van der Waals surface area contributed by atoms with E-state index < -0.39 is 0 Å². The van der Waals surface area contributed by atoms with Crippen LogP contribution in [0.25, 0.3) is 0 Å². The fourth-order valence-electron chi connectivity index (χ4n) is 2.03. The molecule has 0 bridgehead atoms. The van der Waals surface area contributed by atoms with Gasteiger partial charge in [0.1, 0.15) is 0 Å². The van der Waals surface area contributed by atoms with E-state index >= 15 is 0 Å². The smallest absolute Gasteiger partial charge is 0.251 e. The second-order valence-electron chi connectivity index (χ2n) is 4.99. The first-order valence-electron chi connectivity index (χ1n) is 6.49. The van der Waals surface area contributed by atoms with Crippen molar-refractivity contribution in [2.75, 3.05) is 11.5 Å². The van der Waals surface area contributed by atoms with Crippen molar-refractivity contribution in [3.63, 3.8) is 0 Å². The Morgan fingerprint density at radius 1 is 1.05 bits per heavy atom. The van der Waals surface area contributed by atoms with Crippen molar-refractivity contribution in [1.82, 2.24) is 5.32 Å². The zero-order valence-corrected chi connectivity index (χ0v) is 11.7. The van der Waals surface area contributed by atoms with Crippen molar-refractivity contribution < 1.29 is 4.79 Å². The monoisotopic (exact) mass is 269 g/mol. The number of rotatable bonds is 3. The number of nitrogens with two attached hydrogens (primary N) is 2. The Balaban J connectivity index is 2.12. The van der Waals surface area contributed by atoms with Gasteiger partial charge in [0.05, 0.1) is 6.04 Å². The molecule has 2 aromatic rings. The first-order valence-corrected chi connectivity index (χ1v) is 6.49. The van der Waals surface area contributed by atoms with Crippen molar-refractivity contribution in [2.45, 2.75) is 19.9 Å². The topological polar surface area (TPSA) is 81.1 Å². The van der Waals surface area contributed by atoms with Crippen LogP contribution >= 0.6 is 0 Å². The van der Waals surface area contributed by atoms with Crippen LogP contribution in [0.3, 0.4) is 0 Å². The molecule has 0 heterocycles. The van der Waals surface area contributed by atoms with Crippen LogP contribution in [-0.4, -0.2) is 5.91 Å². The van der Waals surface area contributed by atoms with Gasteiger partial charge in [-0.3, -0.25) is 4.79 Å². The van der Waals surface area contributed by atoms with Gasteiger partial charge in [-0.15, -0.1) is 0 Å². The largest absolute Gasteiger partial charge is 0.399 e. The number of benzene rings is 2. The van der Waals surface area contributed by atoms with Crippen LogP contribution in [0, 0.1) is 6.92 Å². The van der Waals surface area contributed by atoms with Crippen LogP contribution in [0.2, 0.25) is 0 Å². The van der Waals surface area contributed by atoms with Crippen molar-refractivity contribution in [2.24, 2.45) is 0 Å². The second kappa shape index (κ2) is 5.65. The van der Waals surface area contributed by atoms with Gasteiger partial charge < -0.3 is 16.8 Å². The van der Waals surface area contributed by atoms with E-state index in [1.165, 1.54) is 5.56 Å². The summed E-state index contributed by atoms with van der Waals surface area (Å²) in [5.74, 6) is -0.183. The Kier molecular flexibility index (Phi) is 3.94. The van der Waals surface area contributed by atoms with Crippen molar-refractivity contribution in [3.05, 3.63) is 59.2 Å². The molecule has 2 aromatic carbocycles. The SMILES string of the molecule is Cc1ccc(C(C)NC(=O)c2cc(N)cc(N)c2)cc1. The van der Waals surface area contributed by atoms with E-state index in [-0.39, 0.29) is 11.9 Å². The summed E-state index contributed by atoms with van der Waals surface area (Å²) in [6.07, 6.45) is 0. The van der Waals surface area contributed by atoms with Crippen LogP contribution in [-0.2, 0) is 0 Å². The Morgan fingerprint density at radius 2 is 1.60 bits per heavy atom. The van der Waals surface area contributed by atoms with E-state index in [1.54, 1.807) is 18.2 Å². The summed E-state index contributed by atoms with van der Waals surface area (Å²) in [4.78, 5) is 12.2. The summed E-state index contributed by atoms with van der Waals surface area (Å²) in [5, 5.41) is 2.94. The lowest BCUT2D eigenvalue weighted by Crippen LogP contribution is -2.26. The first-order chi connectivity index (χ1) is 9.45. The molecule has 0 aliphatic rings. The maximum absolute atomic E-state index is 12.2. The highest BCUT2D eigenvalue weighted by atomic mass is 16.1. The molecular formula is C16H19N3O. The zero-order chi connectivity index (χ0) is 14.7. The van der Waals surface area contributed by atoms with Crippen molar-refractivity contribution in [3.8, 4) is 0 Å². The minimum absolute atomic E-state index is 0.0780. The lowest BCUT2D eigenvalue weighted by Gasteiger charge is -2.15. The summed E-state index contributed by atoms with van der Waals surface area (Å²) in [6, 6.07) is 12.8. The van der Waals surface area contributed by atoms with Crippen LogP contribution in [0.5, 0.6) is 0 Å². The quantitative estimate of drug-likeness (QED) is 0.749. The molecule has 0 saturated heterocycles. The lowest BCUT2D eigenvalue weighted by molar-refractivity contribution is 0.0940. The molecule has 0 radical (unpaired) electrons. The average Bonchev–Trinajstić information content (AvgIpc) is 2.38. The third-order valence-electron chi connectivity index (χ3n) is 3.16.